The van der Waals surface area contributed by atoms with E-state index in [9.17, 15) is 0 Å². The molecule has 2 atom stereocenters. The monoisotopic (exact) mass is 240 g/mol. The summed E-state index contributed by atoms with van der Waals surface area (Å²) < 4.78 is 5.58. The summed E-state index contributed by atoms with van der Waals surface area (Å²) >= 11 is 0. The van der Waals surface area contributed by atoms with E-state index in [1.807, 2.05) is 7.11 Å². The molecule has 2 saturated heterocycles. The minimum atomic E-state index is -0.00807. The van der Waals surface area contributed by atoms with Crippen molar-refractivity contribution in [2.45, 2.75) is 70.2 Å². The molecular weight excluding hydrogens is 212 g/mol. The lowest BCUT2D eigenvalue weighted by Crippen LogP contribution is -2.53. The fourth-order valence-electron chi connectivity index (χ4n) is 3.49. The highest BCUT2D eigenvalue weighted by Gasteiger charge is 2.42. The van der Waals surface area contributed by atoms with Crippen LogP contribution in [0.3, 0.4) is 0 Å². The van der Waals surface area contributed by atoms with Crippen molar-refractivity contribution >= 4 is 0 Å². The molecule has 17 heavy (non-hydrogen) atoms. The standard InChI is InChI=1S/C14H28N2O/c1-5-15-11-8-12-6-7-13(9-11)16(12)10-14(2,3)17-4/h11-13,15H,5-10H2,1-4H3. The van der Waals surface area contributed by atoms with Gasteiger partial charge in [0.1, 0.15) is 0 Å². The fraction of sp³-hybridized carbons (Fsp3) is 1.00. The summed E-state index contributed by atoms with van der Waals surface area (Å²) in [6, 6.07) is 2.32. The van der Waals surface area contributed by atoms with E-state index in [1.54, 1.807) is 0 Å². The van der Waals surface area contributed by atoms with E-state index in [-0.39, 0.29) is 5.60 Å². The second-order valence-electron chi connectivity index (χ2n) is 6.25. The van der Waals surface area contributed by atoms with Crippen molar-refractivity contribution in [3.05, 3.63) is 0 Å². The van der Waals surface area contributed by atoms with E-state index >= 15 is 0 Å². The van der Waals surface area contributed by atoms with Crippen LogP contribution in [0.25, 0.3) is 0 Å². The molecule has 0 aromatic heterocycles. The van der Waals surface area contributed by atoms with Gasteiger partial charge in [0.05, 0.1) is 5.60 Å². The summed E-state index contributed by atoms with van der Waals surface area (Å²) in [4.78, 5) is 2.71. The van der Waals surface area contributed by atoms with Gasteiger partial charge < -0.3 is 10.1 Å². The Balaban J connectivity index is 1.94. The number of rotatable bonds is 5. The highest BCUT2D eigenvalue weighted by Crippen LogP contribution is 2.36. The maximum absolute atomic E-state index is 5.58. The number of fused-ring (bicyclic) bond motifs is 2. The molecule has 1 N–H and O–H groups in total. The van der Waals surface area contributed by atoms with Gasteiger partial charge in [-0.05, 0) is 46.1 Å². The van der Waals surface area contributed by atoms with Gasteiger partial charge in [0.15, 0.2) is 0 Å². The Kier molecular flexibility index (Phi) is 4.11. The van der Waals surface area contributed by atoms with Crippen LogP contribution in [0.5, 0.6) is 0 Å². The average Bonchev–Trinajstić information content (AvgIpc) is 2.52. The van der Waals surface area contributed by atoms with Gasteiger partial charge in [-0.3, -0.25) is 4.90 Å². The summed E-state index contributed by atoms with van der Waals surface area (Å²) in [7, 11) is 1.83. The number of ether oxygens (including phenoxy) is 1. The lowest BCUT2D eigenvalue weighted by Gasteiger charge is -2.42. The van der Waals surface area contributed by atoms with Crippen molar-refractivity contribution in [3.63, 3.8) is 0 Å². The predicted molar refractivity (Wildman–Crippen MR) is 71.3 cm³/mol. The van der Waals surface area contributed by atoms with E-state index in [1.165, 1.54) is 25.7 Å². The Hall–Kier alpha value is -0.120. The third-order valence-electron chi connectivity index (χ3n) is 4.49. The molecule has 2 aliphatic rings. The van der Waals surface area contributed by atoms with E-state index in [0.29, 0.717) is 0 Å². The molecule has 0 spiro atoms. The Bertz CT molecular complexity index is 241. The van der Waals surface area contributed by atoms with Crippen LogP contribution in [0, 0.1) is 0 Å². The molecule has 0 saturated carbocycles. The van der Waals surface area contributed by atoms with Gasteiger partial charge in [-0.15, -0.1) is 0 Å². The molecule has 100 valence electrons. The van der Waals surface area contributed by atoms with E-state index in [4.69, 9.17) is 4.74 Å². The lowest BCUT2D eigenvalue weighted by atomic mass is 9.95. The van der Waals surface area contributed by atoms with E-state index in [0.717, 1.165) is 31.2 Å². The Morgan fingerprint density at radius 2 is 1.82 bits per heavy atom. The highest BCUT2D eigenvalue weighted by molar-refractivity contribution is 4.99. The normalized spacial score (nSPS) is 34.2. The summed E-state index contributed by atoms with van der Waals surface area (Å²) in [5, 5.41) is 3.62. The Morgan fingerprint density at radius 1 is 1.24 bits per heavy atom. The smallest absolute Gasteiger partial charge is 0.0749 e. The van der Waals surface area contributed by atoms with Gasteiger partial charge in [-0.1, -0.05) is 6.92 Å². The first-order valence-electron chi connectivity index (χ1n) is 7.10. The molecule has 2 bridgehead atoms. The third kappa shape index (κ3) is 3.01. The zero-order chi connectivity index (χ0) is 12.5. The van der Waals surface area contributed by atoms with Crippen LogP contribution in [-0.2, 0) is 4.74 Å². The summed E-state index contributed by atoms with van der Waals surface area (Å²) in [6.07, 6.45) is 5.41. The number of hydrogen-bond acceptors (Lipinski definition) is 3. The quantitative estimate of drug-likeness (QED) is 0.795. The van der Waals surface area contributed by atoms with Crippen LogP contribution in [0.4, 0.5) is 0 Å². The molecule has 3 nitrogen and oxygen atoms in total. The summed E-state index contributed by atoms with van der Waals surface area (Å²) in [5.74, 6) is 0. The van der Waals surface area contributed by atoms with Crippen molar-refractivity contribution in [1.82, 2.24) is 10.2 Å². The number of nitrogens with zero attached hydrogens (tertiary/aromatic N) is 1. The fourth-order valence-corrected chi connectivity index (χ4v) is 3.49. The summed E-state index contributed by atoms with van der Waals surface area (Å²) in [6.45, 7) is 8.79. The topological polar surface area (TPSA) is 24.5 Å². The number of nitrogens with one attached hydrogen (secondary N) is 1. The third-order valence-corrected chi connectivity index (χ3v) is 4.49. The van der Waals surface area contributed by atoms with E-state index in [2.05, 4.69) is 31.0 Å². The van der Waals surface area contributed by atoms with E-state index < -0.39 is 0 Å². The molecule has 2 rings (SSSR count). The van der Waals surface area contributed by atoms with Crippen molar-refractivity contribution in [1.29, 1.82) is 0 Å². The van der Waals surface area contributed by atoms with Gasteiger partial charge in [-0.25, -0.2) is 0 Å². The van der Waals surface area contributed by atoms with Crippen molar-refractivity contribution < 1.29 is 4.74 Å². The Labute approximate surface area is 106 Å². The number of hydrogen-bond donors (Lipinski definition) is 1. The second kappa shape index (κ2) is 5.25. The first kappa shape index (κ1) is 13.3. The maximum atomic E-state index is 5.58. The van der Waals surface area contributed by atoms with Gasteiger partial charge in [0, 0.05) is 31.8 Å². The molecule has 0 aromatic carbocycles. The maximum Gasteiger partial charge on any atom is 0.0749 e. The van der Waals surface area contributed by atoms with Crippen LogP contribution in [0.1, 0.15) is 46.5 Å². The molecule has 0 aromatic rings. The second-order valence-corrected chi connectivity index (χ2v) is 6.25. The molecule has 3 heteroatoms. The highest BCUT2D eigenvalue weighted by atomic mass is 16.5. The number of methoxy groups -OCH3 is 1. The van der Waals surface area contributed by atoms with Gasteiger partial charge in [0.25, 0.3) is 0 Å². The molecule has 2 unspecified atom stereocenters. The van der Waals surface area contributed by atoms with Crippen LogP contribution in [-0.4, -0.2) is 48.8 Å². The first-order chi connectivity index (χ1) is 8.05. The minimum Gasteiger partial charge on any atom is -0.377 e. The van der Waals surface area contributed by atoms with Crippen LogP contribution in [0.2, 0.25) is 0 Å². The predicted octanol–water partition coefficient (Wildman–Crippen LogP) is 2.02. The molecule has 2 aliphatic heterocycles. The Morgan fingerprint density at radius 3 is 2.29 bits per heavy atom. The SMILES string of the molecule is CCNC1CC2CCC(C1)N2CC(C)(C)OC. The van der Waals surface area contributed by atoms with Gasteiger partial charge in [0.2, 0.25) is 0 Å². The molecule has 2 heterocycles. The van der Waals surface area contributed by atoms with Crippen LogP contribution >= 0.6 is 0 Å². The molecule has 0 amide bonds. The van der Waals surface area contributed by atoms with Gasteiger partial charge in [-0.2, -0.15) is 0 Å². The average molecular weight is 240 g/mol. The molecule has 2 fully saturated rings. The number of piperidine rings is 1. The van der Waals surface area contributed by atoms with Crippen molar-refractivity contribution in [2.24, 2.45) is 0 Å². The lowest BCUT2D eigenvalue weighted by molar-refractivity contribution is -0.0304. The molecule has 0 aliphatic carbocycles. The molecule has 0 radical (unpaired) electrons. The van der Waals surface area contributed by atoms with Crippen molar-refractivity contribution in [2.75, 3.05) is 20.2 Å². The molecular formula is C14H28N2O. The largest absolute Gasteiger partial charge is 0.377 e. The zero-order valence-corrected chi connectivity index (χ0v) is 11.8. The minimum absolute atomic E-state index is 0.00807. The zero-order valence-electron chi connectivity index (χ0n) is 11.8. The summed E-state index contributed by atoms with van der Waals surface area (Å²) in [5.41, 5.74) is -0.00807. The first-order valence-corrected chi connectivity index (χ1v) is 7.10. The van der Waals surface area contributed by atoms with Gasteiger partial charge >= 0.3 is 0 Å². The van der Waals surface area contributed by atoms with Crippen molar-refractivity contribution in [3.8, 4) is 0 Å². The van der Waals surface area contributed by atoms with Crippen LogP contribution < -0.4 is 5.32 Å². The van der Waals surface area contributed by atoms with Crippen LogP contribution in [0.15, 0.2) is 0 Å².